The lowest BCUT2D eigenvalue weighted by Gasteiger charge is -2.18. The molecule has 3 heteroatoms. The summed E-state index contributed by atoms with van der Waals surface area (Å²) in [6, 6.07) is 11.0. The second kappa shape index (κ2) is 5.11. The van der Waals surface area contributed by atoms with Gasteiger partial charge in [0, 0.05) is 17.1 Å². The van der Waals surface area contributed by atoms with Crippen LogP contribution in [0, 0.1) is 6.92 Å². The first-order chi connectivity index (χ1) is 9.29. The molecule has 3 aromatic rings. The third kappa shape index (κ3) is 2.27. The van der Waals surface area contributed by atoms with Crippen molar-refractivity contribution in [3.8, 4) is 0 Å². The molecule has 0 aliphatic heterocycles. The number of hydrogen-bond acceptors (Lipinski definition) is 3. The average molecular weight is 268 g/mol. The van der Waals surface area contributed by atoms with Gasteiger partial charge in [0.05, 0.1) is 6.04 Å². The molecule has 0 aliphatic rings. The fourth-order valence-electron chi connectivity index (χ4n) is 2.48. The van der Waals surface area contributed by atoms with Gasteiger partial charge in [0.1, 0.15) is 0 Å². The third-order valence-electron chi connectivity index (χ3n) is 3.34. The number of aromatic nitrogens is 1. The molecule has 0 saturated heterocycles. The van der Waals surface area contributed by atoms with Gasteiger partial charge in [-0.1, -0.05) is 24.3 Å². The van der Waals surface area contributed by atoms with Crippen molar-refractivity contribution in [1.29, 1.82) is 0 Å². The summed E-state index contributed by atoms with van der Waals surface area (Å²) >= 11 is 1.80. The summed E-state index contributed by atoms with van der Waals surface area (Å²) in [6.07, 6.45) is 3.84. The molecule has 1 unspecified atom stereocenters. The van der Waals surface area contributed by atoms with Crippen LogP contribution in [0.15, 0.2) is 48.1 Å². The predicted molar refractivity (Wildman–Crippen MR) is 81.7 cm³/mol. The summed E-state index contributed by atoms with van der Waals surface area (Å²) < 4.78 is 1.35. The van der Waals surface area contributed by atoms with E-state index in [0.717, 1.165) is 0 Å². The van der Waals surface area contributed by atoms with E-state index in [1.54, 1.807) is 11.3 Å². The minimum Gasteiger partial charge on any atom is -0.309 e. The fraction of sp³-hybridized carbons (Fsp3) is 0.188. The molecule has 19 heavy (non-hydrogen) atoms. The quantitative estimate of drug-likeness (QED) is 0.779. The first-order valence-corrected chi connectivity index (χ1v) is 7.22. The number of rotatable bonds is 3. The van der Waals surface area contributed by atoms with E-state index in [-0.39, 0.29) is 6.04 Å². The fourth-order valence-corrected chi connectivity index (χ4v) is 3.43. The summed E-state index contributed by atoms with van der Waals surface area (Å²) in [5.41, 5.74) is 3.72. The molecule has 0 spiro atoms. The zero-order valence-electron chi connectivity index (χ0n) is 11.1. The highest BCUT2D eigenvalue weighted by Gasteiger charge is 2.15. The molecule has 3 rings (SSSR count). The Kier molecular flexibility index (Phi) is 3.32. The van der Waals surface area contributed by atoms with Crippen LogP contribution in [-0.2, 0) is 0 Å². The summed E-state index contributed by atoms with van der Waals surface area (Å²) in [5.74, 6) is 0. The minimum absolute atomic E-state index is 0.190. The molecule has 1 atom stereocenters. The Morgan fingerprint density at radius 2 is 2.11 bits per heavy atom. The zero-order valence-corrected chi connectivity index (χ0v) is 11.9. The Bertz CT molecular complexity index is 703. The lowest BCUT2D eigenvalue weighted by molar-refractivity contribution is 0.694. The van der Waals surface area contributed by atoms with E-state index in [1.165, 1.54) is 26.8 Å². The van der Waals surface area contributed by atoms with Crippen molar-refractivity contribution < 1.29 is 0 Å². The molecule has 0 bridgehead atoms. The van der Waals surface area contributed by atoms with Crippen LogP contribution in [0.2, 0.25) is 0 Å². The van der Waals surface area contributed by atoms with E-state index in [4.69, 9.17) is 0 Å². The van der Waals surface area contributed by atoms with Gasteiger partial charge in [-0.2, -0.15) is 0 Å². The molecule has 0 saturated carbocycles. The van der Waals surface area contributed by atoms with Crippen LogP contribution in [0.4, 0.5) is 0 Å². The van der Waals surface area contributed by atoms with Gasteiger partial charge < -0.3 is 5.32 Å². The Labute approximate surface area is 117 Å². The van der Waals surface area contributed by atoms with Crippen LogP contribution in [0.1, 0.15) is 22.7 Å². The Morgan fingerprint density at radius 3 is 2.89 bits per heavy atom. The van der Waals surface area contributed by atoms with Crippen molar-refractivity contribution >= 4 is 21.4 Å². The van der Waals surface area contributed by atoms with Gasteiger partial charge in [-0.25, -0.2) is 0 Å². The highest BCUT2D eigenvalue weighted by molar-refractivity contribution is 7.17. The number of fused-ring (bicyclic) bond motifs is 1. The monoisotopic (exact) mass is 268 g/mol. The van der Waals surface area contributed by atoms with Crippen molar-refractivity contribution in [3.05, 3.63) is 64.8 Å². The number of hydrogen-bond donors (Lipinski definition) is 1. The second-order valence-electron chi connectivity index (χ2n) is 4.70. The van der Waals surface area contributed by atoms with Gasteiger partial charge in [-0.15, -0.1) is 11.3 Å². The molecular weight excluding hydrogens is 252 g/mol. The predicted octanol–water partition coefficient (Wildman–Crippen LogP) is 3.91. The highest BCUT2D eigenvalue weighted by atomic mass is 32.1. The topological polar surface area (TPSA) is 24.9 Å². The van der Waals surface area contributed by atoms with Crippen LogP contribution >= 0.6 is 11.3 Å². The SMILES string of the molecule is CNC(c1cncc(C)c1)c1cccc2ccsc12. The normalized spacial score (nSPS) is 12.7. The van der Waals surface area contributed by atoms with E-state index >= 15 is 0 Å². The molecule has 2 heterocycles. The maximum atomic E-state index is 4.31. The molecule has 1 aromatic carbocycles. The standard InChI is InChI=1S/C16H16N2S/c1-11-8-13(10-18-9-11)15(17-2)14-5-3-4-12-6-7-19-16(12)14/h3-10,15,17H,1-2H3. The van der Waals surface area contributed by atoms with Gasteiger partial charge in [0.25, 0.3) is 0 Å². The molecule has 2 nitrogen and oxygen atoms in total. The summed E-state index contributed by atoms with van der Waals surface area (Å²) in [5, 5.41) is 6.87. The van der Waals surface area contributed by atoms with Crippen LogP contribution in [0.3, 0.4) is 0 Å². The third-order valence-corrected chi connectivity index (χ3v) is 4.32. The van der Waals surface area contributed by atoms with Crippen LogP contribution in [-0.4, -0.2) is 12.0 Å². The largest absolute Gasteiger partial charge is 0.309 e. The van der Waals surface area contributed by atoms with Crippen LogP contribution in [0.5, 0.6) is 0 Å². The highest BCUT2D eigenvalue weighted by Crippen LogP contribution is 2.32. The molecule has 0 fully saturated rings. The van der Waals surface area contributed by atoms with E-state index < -0.39 is 0 Å². The van der Waals surface area contributed by atoms with E-state index in [0.29, 0.717) is 0 Å². The average Bonchev–Trinajstić information content (AvgIpc) is 2.89. The summed E-state index contributed by atoms with van der Waals surface area (Å²) in [7, 11) is 2.00. The van der Waals surface area contributed by atoms with Gasteiger partial charge in [0.15, 0.2) is 0 Å². The second-order valence-corrected chi connectivity index (χ2v) is 5.62. The van der Waals surface area contributed by atoms with Gasteiger partial charge in [0.2, 0.25) is 0 Å². The number of pyridine rings is 1. The van der Waals surface area contributed by atoms with Crippen molar-refractivity contribution in [2.75, 3.05) is 7.05 Å². The van der Waals surface area contributed by atoms with Crippen LogP contribution < -0.4 is 5.32 Å². The van der Waals surface area contributed by atoms with E-state index in [2.05, 4.69) is 52.9 Å². The van der Waals surface area contributed by atoms with Gasteiger partial charge in [-0.3, -0.25) is 4.98 Å². The summed E-state index contributed by atoms with van der Waals surface area (Å²) in [4.78, 5) is 4.31. The molecule has 96 valence electrons. The minimum atomic E-state index is 0.190. The van der Waals surface area contributed by atoms with Gasteiger partial charge >= 0.3 is 0 Å². The lowest BCUT2D eigenvalue weighted by Crippen LogP contribution is -2.18. The molecule has 0 radical (unpaired) electrons. The number of thiophene rings is 1. The Hall–Kier alpha value is -1.71. The number of aryl methyl sites for hydroxylation is 1. The number of nitrogens with zero attached hydrogens (tertiary/aromatic N) is 1. The zero-order chi connectivity index (χ0) is 13.2. The van der Waals surface area contributed by atoms with Crippen molar-refractivity contribution in [2.24, 2.45) is 0 Å². The van der Waals surface area contributed by atoms with E-state index in [9.17, 15) is 0 Å². The number of benzene rings is 1. The Morgan fingerprint density at radius 1 is 1.21 bits per heavy atom. The molecular formula is C16H16N2S. The van der Waals surface area contributed by atoms with Crippen molar-refractivity contribution in [1.82, 2.24) is 10.3 Å². The smallest absolute Gasteiger partial charge is 0.0603 e. The van der Waals surface area contributed by atoms with E-state index in [1.807, 2.05) is 19.4 Å². The maximum absolute atomic E-state index is 4.31. The van der Waals surface area contributed by atoms with Crippen molar-refractivity contribution in [3.63, 3.8) is 0 Å². The lowest BCUT2D eigenvalue weighted by atomic mass is 9.98. The number of nitrogens with one attached hydrogen (secondary N) is 1. The molecule has 1 N–H and O–H groups in total. The first kappa shape index (κ1) is 12.3. The Balaban J connectivity index is 2.14. The molecule has 2 aromatic heterocycles. The molecule has 0 aliphatic carbocycles. The summed E-state index contributed by atoms with van der Waals surface area (Å²) in [6.45, 7) is 2.08. The van der Waals surface area contributed by atoms with Crippen molar-refractivity contribution in [2.45, 2.75) is 13.0 Å². The molecule has 0 amide bonds. The van der Waals surface area contributed by atoms with Crippen LogP contribution in [0.25, 0.3) is 10.1 Å². The first-order valence-electron chi connectivity index (χ1n) is 6.34. The maximum Gasteiger partial charge on any atom is 0.0603 e. The van der Waals surface area contributed by atoms with Gasteiger partial charge in [-0.05, 0) is 47.5 Å².